The molecule has 5 rings (SSSR count). The van der Waals surface area contributed by atoms with Crippen LogP contribution in [0.4, 0.5) is 29.3 Å². The Kier molecular flexibility index (Phi) is 13.8. The molecule has 2 heterocycles. The van der Waals surface area contributed by atoms with Gasteiger partial charge in [0.15, 0.2) is 0 Å². The van der Waals surface area contributed by atoms with Crippen molar-refractivity contribution in [3.05, 3.63) is 95.8 Å². The van der Waals surface area contributed by atoms with Gasteiger partial charge in [0, 0.05) is 31.5 Å². The lowest BCUT2D eigenvalue weighted by molar-refractivity contribution is -0.137. The second-order valence-electron chi connectivity index (χ2n) is 10.5. The SMILES string of the molecule is CC.CC1CCCCC1.O=C(CNc1cc(-n2ccnc2)nc(NCc2cccc(C(F)(F)F)c2)n1)NCc1ccc(F)cc1. The van der Waals surface area contributed by atoms with Crippen LogP contribution < -0.4 is 16.0 Å². The van der Waals surface area contributed by atoms with Gasteiger partial charge >= 0.3 is 6.18 Å². The first-order valence-corrected chi connectivity index (χ1v) is 15.2. The van der Waals surface area contributed by atoms with Gasteiger partial charge in [-0.3, -0.25) is 9.36 Å². The Morgan fingerprint density at radius 3 is 2.29 bits per heavy atom. The van der Waals surface area contributed by atoms with E-state index in [0.717, 1.165) is 23.6 Å². The van der Waals surface area contributed by atoms with Crippen molar-refractivity contribution in [1.82, 2.24) is 24.8 Å². The Hall–Kier alpha value is -4.48. The Morgan fingerprint density at radius 2 is 1.67 bits per heavy atom. The van der Waals surface area contributed by atoms with Crippen molar-refractivity contribution < 1.29 is 22.4 Å². The van der Waals surface area contributed by atoms with Crippen molar-refractivity contribution in [3.63, 3.8) is 0 Å². The van der Waals surface area contributed by atoms with E-state index in [2.05, 4.69) is 37.8 Å². The molecule has 0 saturated heterocycles. The molecule has 2 aromatic heterocycles. The zero-order chi connectivity index (χ0) is 32.7. The third-order valence-corrected chi connectivity index (χ3v) is 6.91. The Bertz CT molecular complexity index is 1440. The lowest BCUT2D eigenvalue weighted by Gasteiger charge is -2.15. The maximum Gasteiger partial charge on any atom is 0.416 e. The van der Waals surface area contributed by atoms with E-state index in [-0.39, 0.29) is 37.3 Å². The van der Waals surface area contributed by atoms with E-state index in [4.69, 9.17) is 0 Å². The molecule has 1 aliphatic rings. The lowest BCUT2D eigenvalue weighted by Crippen LogP contribution is -2.29. The number of rotatable bonds is 9. The van der Waals surface area contributed by atoms with E-state index in [9.17, 15) is 22.4 Å². The van der Waals surface area contributed by atoms with Crippen molar-refractivity contribution in [2.45, 2.75) is 72.1 Å². The standard InChI is InChI=1S/C24H21F4N7O.C7H14.C2H6/c25-19-6-4-16(5-7-19)12-31-22(36)14-30-20-11-21(35-9-8-29-15-35)34-23(33-20)32-13-17-2-1-3-18(10-17)24(26,27)28;1-7-5-3-2-4-6-7;1-2/h1-11,15H,12-14H2,(H,31,36)(H2,30,32,33,34);7H,2-6H2,1H3;1-2H3. The molecule has 1 amide bonds. The zero-order valence-electron chi connectivity index (χ0n) is 25.9. The van der Waals surface area contributed by atoms with Gasteiger partial charge in [0.05, 0.1) is 12.1 Å². The monoisotopic (exact) mass is 627 g/mol. The number of benzene rings is 2. The van der Waals surface area contributed by atoms with Gasteiger partial charge in [-0.25, -0.2) is 9.37 Å². The summed E-state index contributed by atoms with van der Waals surface area (Å²) in [6.45, 7) is 6.54. The summed E-state index contributed by atoms with van der Waals surface area (Å²) in [7, 11) is 0. The highest BCUT2D eigenvalue weighted by atomic mass is 19.4. The van der Waals surface area contributed by atoms with Crippen molar-refractivity contribution in [1.29, 1.82) is 0 Å². The highest BCUT2D eigenvalue weighted by Crippen LogP contribution is 2.29. The number of hydrogen-bond donors (Lipinski definition) is 3. The van der Waals surface area contributed by atoms with E-state index in [0.29, 0.717) is 17.2 Å². The molecule has 4 aromatic rings. The molecular formula is C33H41F4N7O. The fourth-order valence-electron chi connectivity index (χ4n) is 4.51. The molecule has 3 N–H and O–H groups in total. The maximum atomic E-state index is 13.0. The third kappa shape index (κ3) is 12.2. The second-order valence-corrected chi connectivity index (χ2v) is 10.5. The van der Waals surface area contributed by atoms with Crippen LogP contribution in [0.5, 0.6) is 0 Å². The summed E-state index contributed by atoms with van der Waals surface area (Å²) in [6, 6.07) is 12.3. The summed E-state index contributed by atoms with van der Waals surface area (Å²) in [5.74, 6) is 1.25. The van der Waals surface area contributed by atoms with Gasteiger partial charge in [0.1, 0.15) is 23.8 Å². The van der Waals surface area contributed by atoms with Gasteiger partial charge in [-0.05, 0) is 41.3 Å². The summed E-state index contributed by atoms with van der Waals surface area (Å²) in [5, 5.41) is 8.56. The van der Waals surface area contributed by atoms with Crippen molar-refractivity contribution in [2.24, 2.45) is 5.92 Å². The van der Waals surface area contributed by atoms with Crippen LogP contribution in [0.15, 0.2) is 73.3 Å². The molecule has 0 spiro atoms. The Labute approximate surface area is 261 Å². The molecule has 0 aliphatic heterocycles. The molecule has 1 aliphatic carbocycles. The first-order valence-electron chi connectivity index (χ1n) is 15.2. The molecule has 1 saturated carbocycles. The molecule has 1 fully saturated rings. The van der Waals surface area contributed by atoms with Crippen LogP contribution in [0, 0.1) is 11.7 Å². The highest BCUT2D eigenvalue weighted by molar-refractivity contribution is 5.80. The van der Waals surface area contributed by atoms with E-state index < -0.39 is 11.7 Å². The molecule has 2 aromatic carbocycles. The molecule has 12 heteroatoms. The first-order chi connectivity index (χ1) is 21.7. The van der Waals surface area contributed by atoms with E-state index in [1.54, 1.807) is 41.2 Å². The minimum Gasteiger partial charge on any atom is -0.361 e. The molecule has 0 atom stereocenters. The zero-order valence-corrected chi connectivity index (χ0v) is 25.9. The predicted molar refractivity (Wildman–Crippen MR) is 168 cm³/mol. The molecular weight excluding hydrogens is 586 g/mol. The molecule has 45 heavy (non-hydrogen) atoms. The summed E-state index contributed by atoms with van der Waals surface area (Å²) in [6.07, 6.45) is 7.75. The smallest absolute Gasteiger partial charge is 0.361 e. The van der Waals surface area contributed by atoms with Crippen LogP contribution in [0.25, 0.3) is 5.82 Å². The predicted octanol–water partition coefficient (Wildman–Crippen LogP) is 7.77. The number of hydrogen-bond acceptors (Lipinski definition) is 6. The van der Waals surface area contributed by atoms with Crippen LogP contribution in [0.2, 0.25) is 0 Å². The minimum absolute atomic E-state index is 0.0505. The van der Waals surface area contributed by atoms with Crippen molar-refractivity contribution in [3.8, 4) is 5.82 Å². The van der Waals surface area contributed by atoms with Gasteiger partial charge in [-0.2, -0.15) is 23.1 Å². The summed E-state index contributed by atoms with van der Waals surface area (Å²) < 4.78 is 53.6. The second kappa shape index (κ2) is 17.7. The number of halogens is 4. The van der Waals surface area contributed by atoms with Crippen LogP contribution in [-0.4, -0.2) is 32.0 Å². The molecule has 0 unspecified atom stereocenters. The van der Waals surface area contributed by atoms with Crippen LogP contribution >= 0.6 is 0 Å². The van der Waals surface area contributed by atoms with Crippen LogP contribution in [0.3, 0.4) is 0 Å². The summed E-state index contributed by atoms with van der Waals surface area (Å²) >= 11 is 0. The Morgan fingerprint density at radius 1 is 0.933 bits per heavy atom. The van der Waals surface area contributed by atoms with Gasteiger partial charge in [0.25, 0.3) is 0 Å². The molecule has 0 bridgehead atoms. The number of carbonyl (C=O) groups excluding carboxylic acids is 1. The molecule has 0 radical (unpaired) electrons. The fourth-order valence-corrected chi connectivity index (χ4v) is 4.51. The third-order valence-electron chi connectivity index (χ3n) is 6.91. The maximum absolute atomic E-state index is 13.0. The highest BCUT2D eigenvalue weighted by Gasteiger charge is 2.30. The number of nitrogens with zero attached hydrogens (tertiary/aromatic N) is 4. The number of amides is 1. The number of carbonyl (C=O) groups is 1. The largest absolute Gasteiger partial charge is 0.416 e. The van der Waals surface area contributed by atoms with Crippen molar-refractivity contribution >= 4 is 17.7 Å². The topological polar surface area (TPSA) is 96.8 Å². The quantitative estimate of drug-likeness (QED) is 0.164. The summed E-state index contributed by atoms with van der Waals surface area (Å²) in [5.41, 5.74) is 0.398. The van der Waals surface area contributed by atoms with Crippen LogP contribution in [-0.2, 0) is 24.1 Å². The van der Waals surface area contributed by atoms with Crippen LogP contribution in [0.1, 0.15) is 69.6 Å². The first kappa shape index (κ1) is 35.0. The van der Waals surface area contributed by atoms with Gasteiger partial charge in [-0.1, -0.05) is 77.1 Å². The van der Waals surface area contributed by atoms with E-state index in [1.165, 1.54) is 56.6 Å². The van der Waals surface area contributed by atoms with Gasteiger partial charge < -0.3 is 16.0 Å². The van der Waals surface area contributed by atoms with E-state index >= 15 is 0 Å². The summed E-state index contributed by atoms with van der Waals surface area (Å²) in [4.78, 5) is 24.9. The lowest BCUT2D eigenvalue weighted by atomic mass is 9.91. The minimum atomic E-state index is -4.44. The molecule has 8 nitrogen and oxygen atoms in total. The van der Waals surface area contributed by atoms with Crippen molar-refractivity contribution in [2.75, 3.05) is 17.2 Å². The molecule has 242 valence electrons. The number of aromatic nitrogens is 4. The van der Waals surface area contributed by atoms with E-state index in [1.807, 2.05) is 13.8 Å². The number of anilines is 2. The normalized spacial score (nSPS) is 13.0. The Balaban J connectivity index is 0.000000534. The van der Waals surface area contributed by atoms with Gasteiger partial charge in [0.2, 0.25) is 11.9 Å². The van der Waals surface area contributed by atoms with Gasteiger partial charge in [-0.15, -0.1) is 0 Å². The number of imidazole rings is 1. The average Bonchev–Trinajstić information content (AvgIpc) is 3.59. The number of alkyl halides is 3. The number of nitrogens with one attached hydrogen (secondary N) is 3. The average molecular weight is 628 g/mol. The fraction of sp³-hybridized carbons (Fsp3) is 0.394.